The van der Waals surface area contributed by atoms with Gasteiger partial charge in [-0.1, -0.05) is 51.6 Å². The highest BCUT2D eigenvalue weighted by molar-refractivity contribution is 6.30. The summed E-state index contributed by atoms with van der Waals surface area (Å²) in [7, 11) is 0. The van der Waals surface area contributed by atoms with Crippen LogP contribution in [0.4, 0.5) is 11.4 Å². The Morgan fingerprint density at radius 1 is 1.13 bits per heavy atom. The maximum atomic E-state index is 12.8. The number of aromatic hydroxyl groups is 1. The van der Waals surface area contributed by atoms with Gasteiger partial charge in [0.2, 0.25) is 0 Å². The van der Waals surface area contributed by atoms with E-state index in [2.05, 4.69) is 17.6 Å². The molecule has 0 radical (unpaired) electrons. The van der Waals surface area contributed by atoms with E-state index >= 15 is 0 Å². The number of hydrogen-bond donors (Lipinski definition) is 3. The molecule has 2 aromatic rings. The number of anilines is 2. The molecule has 1 heterocycles. The first kappa shape index (κ1) is 24.9. The minimum atomic E-state index is -0.450. The highest BCUT2D eigenvalue weighted by Crippen LogP contribution is 2.43. The zero-order valence-electron chi connectivity index (χ0n) is 19.0. The van der Waals surface area contributed by atoms with Crippen molar-refractivity contribution < 1.29 is 14.6 Å². The van der Waals surface area contributed by atoms with Crippen LogP contribution in [0.15, 0.2) is 42.5 Å². The van der Waals surface area contributed by atoms with E-state index in [1.165, 1.54) is 0 Å². The molecule has 0 saturated heterocycles. The molecule has 170 valence electrons. The summed E-state index contributed by atoms with van der Waals surface area (Å²) in [4.78, 5) is 12.8. The van der Waals surface area contributed by atoms with E-state index in [1.807, 2.05) is 51.1 Å². The van der Waals surface area contributed by atoms with Crippen molar-refractivity contribution in [1.82, 2.24) is 0 Å². The predicted molar refractivity (Wildman–Crippen MR) is 129 cm³/mol. The first-order valence-electron chi connectivity index (χ1n) is 11.3. The number of ether oxygens (including phenoxy) is 1. The Hall–Kier alpha value is -2.40. The second-order valence-corrected chi connectivity index (χ2v) is 7.87. The molecule has 0 aromatic heterocycles. The Balaban J connectivity index is 0.00000166. The molecule has 31 heavy (non-hydrogen) atoms. The summed E-state index contributed by atoms with van der Waals surface area (Å²) in [5.74, 6) is -0.0587. The van der Waals surface area contributed by atoms with Crippen LogP contribution in [-0.2, 0) is 9.53 Å². The second-order valence-electron chi connectivity index (χ2n) is 7.43. The molecule has 3 rings (SSSR count). The van der Waals surface area contributed by atoms with Crippen molar-refractivity contribution in [3.63, 3.8) is 0 Å². The minimum absolute atomic E-state index is 0.0226. The summed E-state index contributed by atoms with van der Waals surface area (Å²) in [5.41, 5.74) is 2.69. The Labute approximate surface area is 191 Å². The quantitative estimate of drug-likeness (QED) is 0.237. The molecule has 1 aliphatic rings. The van der Waals surface area contributed by atoms with Gasteiger partial charge in [-0.05, 0) is 55.8 Å². The summed E-state index contributed by atoms with van der Waals surface area (Å²) in [5, 5.41) is 17.7. The zero-order valence-corrected chi connectivity index (χ0v) is 19.7. The lowest BCUT2D eigenvalue weighted by molar-refractivity contribution is -0.145. The number of fused-ring (bicyclic) bond motifs is 1. The molecule has 0 amide bonds. The number of carbonyl (C=O) groups excluding carboxylic acids is 1. The lowest BCUT2D eigenvalue weighted by Gasteiger charge is -2.40. The average Bonchev–Trinajstić information content (AvgIpc) is 2.78. The van der Waals surface area contributed by atoms with E-state index in [0.717, 1.165) is 42.6 Å². The zero-order chi connectivity index (χ0) is 22.8. The number of unbranched alkanes of at least 4 members (excludes halogenated alkanes) is 2. The van der Waals surface area contributed by atoms with Gasteiger partial charge >= 0.3 is 5.97 Å². The Bertz CT molecular complexity index is 826. The third-order valence-electron chi connectivity index (χ3n) is 5.39. The maximum Gasteiger partial charge on any atom is 0.328 e. The van der Waals surface area contributed by atoms with Gasteiger partial charge < -0.3 is 20.5 Å². The van der Waals surface area contributed by atoms with E-state index in [9.17, 15) is 9.90 Å². The summed E-state index contributed by atoms with van der Waals surface area (Å²) < 4.78 is 5.37. The van der Waals surface area contributed by atoms with Gasteiger partial charge in [-0.3, -0.25) is 0 Å². The van der Waals surface area contributed by atoms with E-state index in [1.54, 1.807) is 12.1 Å². The van der Waals surface area contributed by atoms with Crippen LogP contribution in [0, 0.1) is 5.92 Å². The molecule has 0 unspecified atom stereocenters. The van der Waals surface area contributed by atoms with Crippen LogP contribution in [0.25, 0.3) is 0 Å². The van der Waals surface area contributed by atoms with Crippen molar-refractivity contribution in [3.05, 3.63) is 53.1 Å². The SMILES string of the molecule is CC.CCCCC[C@H]1[C@@H](C(=O)OCC)Nc2ccc(O)cc2[C@H]1Nc1ccc(Cl)cc1. The minimum Gasteiger partial charge on any atom is -0.508 e. The maximum absolute atomic E-state index is 12.8. The summed E-state index contributed by atoms with van der Waals surface area (Å²) in [6.07, 6.45) is 4.10. The number of benzene rings is 2. The number of phenolic OH excluding ortho intramolecular Hbond substituents is 1. The average molecular weight is 447 g/mol. The predicted octanol–water partition coefficient (Wildman–Crippen LogP) is 6.78. The van der Waals surface area contributed by atoms with Crippen LogP contribution in [0.2, 0.25) is 5.02 Å². The van der Waals surface area contributed by atoms with Crippen LogP contribution in [0.3, 0.4) is 0 Å². The molecule has 3 N–H and O–H groups in total. The normalized spacial score (nSPS) is 19.3. The Kier molecular flexibility index (Phi) is 9.99. The lowest BCUT2D eigenvalue weighted by atomic mass is 9.79. The highest BCUT2D eigenvalue weighted by Gasteiger charge is 2.41. The highest BCUT2D eigenvalue weighted by atomic mass is 35.5. The molecule has 0 saturated carbocycles. The molecular weight excluding hydrogens is 412 g/mol. The fraction of sp³-hybridized carbons (Fsp3) is 0.480. The fourth-order valence-electron chi connectivity index (χ4n) is 3.98. The second kappa shape index (κ2) is 12.5. The standard InChI is InChI=1S/C23H29ClN2O3.C2H6/c1-3-5-6-7-18-21(25-16-10-8-15(24)9-11-16)19-14-17(27)12-13-20(19)26-22(18)23(28)29-4-2;1-2/h8-14,18,21-22,25-27H,3-7H2,1-2H3;1-2H3/t18-,21+,22+;/m1./s1. The van der Waals surface area contributed by atoms with Crippen molar-refractivity contribution in [2.75, 3.05) is 17.2 Å². The molecule has 2 aromatic carbocycles. The molecule has 0 bridgehead atoms. The van der Waals surface area contributed by atoms with Crippen LogP contribution in [0.5, 0.6) is 5.75 Å². The van der Waals surface area contributed by atoms with Crippen LogP contribution < -0.4 is 10.6 Å². The molecule has 0 fully saturated rings. The van der Waals surface area contributed by atoms with Gasteiger partial charge in [-0.2, -0.15) is 0 Å². The number of nitrogens with one attached hydrogen (secondary N) is 2. The number of halogens is 1. The number of esters is 1. The van der Waals surface area contributed by atoms with E-state index in [0.29, 0.717) is 11.6 Å². The first-order chi connectivity index (χ1) is 15.0. The smallest absolute Gasteiger partial charge is 0.328 e. The van der Waals surface area contributed by atoms with Crippen LogP contribution >= 0.6 is 11.6 Å². The topological polar surface area (TPSA) is 70.6 Å². The molecule has 0 aliphatic carbocycles. The van der Waals surface area contributed by atoms with E-state index in [-0.39, 0.29) is 23.7 Å². The molecular formula is C25H35ClN2O3. The van der Waals surface area contributed by atoms with Gasteiger partial charge in [0.25, 0.3) is 0 Å². The number of carbonyl (C=O) groups is 1. The Morgan fingerprint density at radius 2 is 1.84 bits per heavy atom. The molecule has 0 spiro atoms. The van der Waals surface area contributed by atoms with Gasteiger partial charge in [0.1, 0.15) is 11.8 Å². The van der Waals surface area contributed by atoms with E-state index < -0.39 is 6.04 Å². The van der Waals surface area contributed by atoms with Crippen molar-refractivity contribution in [2.45, 2.75) is 65.5 Å². The monoisotopic (exact) mass is 446 g/mol. The van der Waals surface area contributed by atoms with Gasteiger partial charge in [-0.15, -0.1) is 0 Å². The Morgan fingerprint density at radius 3 is 2.48 bits per heavy atom. The van der Waals surface area contributed by atoms with Crippen LogP contribution in [-0.4, -0.2) is 23.7 Å². The molecule has 1 aliphatic heterocycles. The fourth-order valence-corrected chi connectivity index (χ4v) is 4.10. The number of phenols is 1. The summed E-state index contributed by atoms with van der Waals surface area (Å²) in [6.45, 7) is 8.33. The summed E-state index contributed by atoms with van der Waals surface area (Å²) in [6, 6.07) is 12.1. The molecule has 6 heteroatoms. The van der Waals surface area contributed by atoms with Crippen molar-refractivity contribution in [2.24, 2.45) is 5.92 Å². The van der Waals surface area contributed by atoms with Crippen molar-refractivity contribution >= 4 is 28.9 Å². The molecule has 3 atom stereocenters. The largest absolute Gasteiger partial charge is 0.508 e. The first-order valence-corrected chi connectivity index (χ1v) is 11.7. The van der Waals surface area contributed by atoms with Gasteiger partial charge in [0, 0.05) is 27.9 Å². The third kappa shape index (κ3) is 6.54. The van der Waals surface area contributed by atoms with Gasteiger partial charge in [0.05, 0.1) is 12.6 Å². The van der Waals surface area contributed by atoms with Gasteiger partial charge in [-0.25, -0.2) is 4.79 Å². The lowest BCUT2D eigenvalue weighted by Crippen LogP contribution is -2.46. The molecule has 5 nitrogen and oxygen atoms in total. The van der Waals surface area contributed by atoms with Crippen LogP contribution in [0.1, 0.15) is 65.0 Å². The number of rotatable bonds is 8. The van der Waals surface area contributed by atoms with Crippen molar-refractivity contribution in [3.8, 4) is 5.75 Å². The van der Waals surface area contributed by atoms with Crippen molar-refractivity contribution in [1.29, 1.82) is 0 Å². The third-order valence-corrected chi connectivity index (χ3v) is 5.64. The van der Waals surface area contributed by atoms with Gasteiger partial charge in [0.15, 0.2) is 0 Å². The van der Waals surface area contributed by atoms with E-state index in [4.69, 9.17) is 16.3 Å². The summed E-state index contributed by atoms with van der Waals surface area (Å²) >= 11 is 6.04. The number of hydrogen-bond acceptors (Lipinski definition) is 5.